The number of nitriles is 1. The van der Waals surface area contributed by atoms with E-state index in [0.717, 1.165) is 11.3 Å². The molecule has 1 fully saturated rings. The van der Waals surface area contributed by atoms with Crippen molar-refractivity contribution in [2.45, 2.75) is 12.8 Å². The van der Waals surface area contributed by atoms with Crippen LogP contribution < -0.4 is 4.90 Å². The predicted molar refractivity (Wildman–Crippen MR) is 129 cm³/mol. The van der Waals surface area contributed by atoms with Gasteiger partial charge in [-0.1, -0.05) is 84.7 Å². The molecule has 2 aromatic rings. The molecule has 1 aliphatic rings. The summed E-state index contributed by atoms with van der Waals surface area (Å²) in [7, 11) is 0. The lowest BCUT2D eigenvalue weighted by molar-refractivity contribution is -0.123. The first-order chi connectivity index (χ1) is 15.1. The molecule has 3 rings (SSSR count). The van der Waals surface area contributed by atoms with E-state index in [2.05, 4.69) is 6.07 Å². The Morgan fingerprint density at radius 1 is 1.13 bits per heavy atom. The van der Waals surface area contributed by atoms with Gasteiger partial charge in [-0.15, -0.1) is 0 Å². The van der Waals surface area contributed by atoms with E-state index in [1.165, 1.54) is 16.7 Å². The van der Waals surface area contributed by atoms with Gasteiger partial charge >= 0.3 is 0 Å². The fourth-order valence-corrected chi connectivity index (χ4v) is 4.29. The summed E-state index contributed by atoms with van der Waals surface area (Å²) in [6.07, 6.45) is 5.85. The summed E-state index contributed by atoms with van der Waals surface area (Å²) >= 11 is 6.59. The number of nitrogens with zero attached hydrogens (tertiary/aromatic N) is 3. The van der Waals surface area contributed by atoms with Gasteiger partial charge in [-0.3, -0.25) is 14.5 Å². The largest absolute Gasteiger partial charge is 0.311 e. The number of hydrogen-bond donors (Lipinski definition) is 0. The Morgan fingerprint density at radius 2 is 1.81 bits per heavy atom. The lowest BCUT2D eigenvalue weighted by Crippen LogP contribution is -2.36. The minimum absolute atomic E-state index is 0.125. The number of amides is 2. The maximum absolute atomic E-state index is 12.8. The summed E-state index contributed by atoms with van der Waals surface area (Å²) in [6.45, 7) is 0.515. The van der Waals surface area contributed by atoms with Crippen LogP contribution in [-0.2, 0) is 9.59 Å². The molecule has 0 unspecified atom stereocenters. The third kappa shape index (κ3) is 6.14. The van der Waals surface area contributed by atoms with Gasteiger partial charge in [0.15, 0.2) is 0 Å². The number of allylic oxidation sites excluding steroid dienone is 2. The fraction of sp³-hybridized carbons (Fsp3) is 0.167. The molecule has 0 aliphatic carbocycles. The Morgan fingerprint density at radius 3 is 2.48 bits per heavy atom. The van der Waals surface area contributed by atoms with Gasteiger partial charge in [0.2, 0.25) is 5.91 Å². The minimum Gasteiger partial charge on any atom is -0.311 e. The van der Waals surface area contributed by atoms with Crippen molar-refractivity contribution in [1.82, 2.24) is 4.90 Å². The Bertz CT molecular complexity index is 1040. The van der Waals surface area contributed by atoms with Gasteiger partial charge in [-0.25, -0.2) is 0 Å². The van der Waals surface area contributed by atoms with E-state index < -0.39 is 0 Å². The molecule has 5 nitrogen and oxygen atoms in total. The van der Waals surface area contributed by atoms with Crippen LogP contribution in [0.4, 0.5) is 5.69 Å². The highest BCUT2D eigenvalue weighted by Gasteiger charge is 2.32. The number of para-hydroxylation sites is 1. The molecule has 0 aromatic heterocycles. The van der Waals surface area contributed by atoms with Crippen LogP contribution in [0.25, 0.3) is 6.08 Å². The van der Waals surface area contributed by atoms with E-state index in [-0.39, 0.29) is 31.2 Å². The Balaban J connectivity index is 1.62. The number of rotatable bonds is 8. The van der Waals surface area contributed by atoms with Crippen molar-refractivity contribution in [2.75, 3.05) is 18.0 Å². The van der Waals surface area contributed by atoms with Crippen LogP contribution in [0.1, 0.15) is 18.4 Å². The van der Waals surface area contributed by atoms with Crippen molar-refractivity contribution in [3.8, 4) is 6.07 Å². The number of benzene rings is 2. The molecular formula is C24H21N3O2S2. The van der Waals surface area contributed by atoms with Crippen molar-refractivity contribution in [2.24, 2.45) is 0 Å². The molecule has 2 amide bonds. The number of carbonyl (C=O) groups is 2. The molecule has 156 valence electrons. The second-order valence-corrected chi connectivity index (χ2v) is 8.34. The van der Waals surface area contributed by atoms with Crippen LogP contribution >= 0.6 is 24.0 Å². The Kier molecular flexibility index (Phi) is 8.16. The minimum atomic E-state index is -0.191. The highest BCUT2D eigenvalue weighted by Crippen LogP contribution is 2.31. The number of thioether (sulfide) groups is 1. The van der Waals surface area contributed by atoms with E-state index >= 15 is 0 Å². The molecule has 1 heterocycles. The third-order valence-electron chi connectivity index (χ3n) is 4.57. The molecule has 31 heavy (non-hydrogen) atoms. The predicted octanol–water partition coefficient (Wildman–Crippen LogP) is 4.78. The summed E-state index contributed by atoms with van der Waals surface area (Å²) in [5.74, 6) is -0.341. The van der Waals surface area contributed by atoms with Crippen molar-refractivity contribution < 1.29 is 9.59 Å². The van der Waals surface area contributed by atoms with E-state index in [4.69, 9.17) is 17.5 Å². The number of anilines is 1. The van der Waals surface area contributed by atoms with Gasteiger partial charge in [-0.2, -0.15) is 5.26 Å². The van der Waals surface area contributed by atoms with E-state index in [1.807, 2.05) is 72.8 Å². The zero-order valence-corrected chi connectivity index (χ0v) is 18.4. The maximum atomic E-state index is 12.8. The van der Waals surface area contributed by atoms with Crippen LogP contribution in [0.15, 0.2) is 77.7 Å². The van der Waals surface area contributed by atoms with Crippen LogP contribution in [0.2, 0.25) is 0 Å². The molecule has 7 heteroatoms. The molecule has 1 saturated heterocycles. The standard InChI is InChI=1S/C24H21N3O2S2/c25-16-8-17-26(20-12-5-2-6-13-20)22(28)15-18-27-23(29)21(31-24(27)30)14-7-11-19-9-3-1-4-10-19/h1-7,9-14H,8,15,17-18H2. The maximum Gasteiger partial charge on any atom is 0.266 e. The summed E-state index contributed by atoms with van der Waals surface area (Å²) in [4.78, 5) is 29.1. The Labute approximate surface area is 191 Å². The quantitative estimate of drug-likeness (QED) is 0.430. The molecule has 0 atom stereocenters. The molecule has 0 N–H and O–H groups in total. The van der Waals surface area contributed by atoms with E-state index in [9.17, 15) is 9.59 Å². The number of thiocarbonyl (C=S) groups is 1. The van der Waals surface area contributed by atoms with E-state index in [0.29, 0.717) is 15.8 Å². The van der Waals surface area contributed by atoms with Crippen molar-refractivity contribution in [3.05, 3.63) is 83.3 Å². The molecule has 1 aliphatic heterocycles. The summed E-state index contributed by atoms with van der Waals surface area (Å²) in [5.41, 5.74) is 1.78. The highest BCUT2D eigenvalue weighted by molar-refractivity contribution is 8.26. The van der Waals surface area contributed by atoms with Crippen molar-refractivity contribution in [1.29, 1.82) is 5.26 Å². The lowest BCUT2D eigenvalue weighted by Gasteiger charge is -2.23. The van der Waals surface area contributed by atoms with Gasteiger partial charge in [0.05, 0.1) is 17.4 Å². The number of hydrogen-bond acceptors (Lipinski definition) is 5. The molecule has 0 radical (unpaired) electrons. The second-order valence-electron chi connectivity index (χ2n) is 6.66. The summed E-state index contributed by atoms with van der Waals surface area (Å²) < 4.78 is 0.445. The van der Waals surface area contributed by atoms with Crippen molar-refractivity contribution in [3.63, 3.8) is 0 Å². The number of carbonyl (C=O) groups excluding carboxylic acids is 2. The SMILES string of the molecule is N#CCCN(C(=O)CCN1C(=O)C(=CC=Cc2ccccc2)SC1=S)c1ccccc1. The first kappa shape index (κ1) is 22.5. The third-order valence-corrected chi connectivity index (χ3v) is 5.97. The molecular weight excluding hydrogens is 426 g/mol. The Hall–Kier alpha value is -3.21. The van der Waals surface area contributed by atoms with Crippen LogP contribution in [0.5, 0.6) is 0 Å². The smallest absolute Gasteiger partial charge is 0.266 e. The molecule has 2 aromatic carbocycles. The highest BCUT2D eigenvalue weighted by atomic mass is 32.2. The van der Waals surface area contributed by atoms with Crippen LogP contribution in [0, 0.1) is 11.3 Å². The van der Waals surface area contributed by atoms with Gasteiger partial charge in [0.25, 0.3) is 5.91 Å². The first-order valence-corrected chi connectivity index (χ1v) is 11.0. The normalized spacial score (nSPS) is 14.9. The fourth-order valence-electron chi connectivity index (χ4n) is 3.03. The summed E-state index contributed by atoms with van der Waals surface area (Å²) in [6, 6.07) is 21.1. The van der Waals surface area contributed by atoms with Gasteiger partial charge in [0.1, 0.15) is 4.32 Å². The summed E-state index contributed by atoms with van der Waals surface area (Å²) in [5, 5.41) is 8.92. The topological polar surface area (TPSA) is 64.4 Å². The van der Waals surface area contributed by atoms with Crippen LogP contribution in [0.3, 0.4) is 0 Å². The average Bonchev–Trinajstić information content (AvgIpc) is 3.06. The zero-order valence-electron chi connectivity index (χ0n) is 16.8. The van der Waals surface area contributed by atoms with Gasteiger partial charge in [-0.05, 0) is 23.8 Å². The zero-order chi connectivity index (χ0) is 22.1. The first-order valence-electron chi connectivity index (χ1n) is 9.79. The monoisotopic (exact) mass is 447 g/mol. The average molecular weight is 448 g/mol. The van der Waals surface area contributed by atoms with Crippen LogP contribution in [-0.4, -0.2) is 34.1 Å². The van der Waals surface area contributed by atoms with E-state index in [1.54, 1.807) is 11.0 Å². The second kappa shape index (κ2) is 11.3. The molecule has 0 saturated carbocycles. The van der Waals surface area contributed by atoms with Gasteiger partial charge in [0, 0.05) is 25.2 Å². The molecule has 0 bridgehead atoms. The van der Waals surface area contributed by atoms with Gasteiger partial charge < -0.3 is 4.90 Å². The van der Waals surface area contributed by atoms with Crippen molar-refractivity contribution >= 4 is 51.9 Å². The molecule has 0 spiro atoms. The lowest BCUT2D eigenvalue weighted by atomic mass is 10.2.